The summed E-state index contributed by atoms with van der Waals surface area (Å²) in [7, 11) is 2.17. The first kappa shape index (κ1) is 21.6. The summed E-state index contributed by atoms with van der Waals surface area (Å²) in [5.74, 6) is 0. The lowest BCUT2D eigenvalue weighted by molar-refractivity contribution is 0.311. The number of thiocarbonyl (C=S) groups is 1. The van der Waals surface area contributed by atoms with Gasteiger partial charge in [-0.15, -0.1) is 0 Å². The van der Waals surface area contributed by atoms with Crippen LogP contribution in [0.5, 0.6) is 0 Å². The molecule has 1 N–H and O–H groups in total. The van der Waals surface area contributed by atoms with E-state index in [-0.39, 0.29) is 17.6 Å². The fraction of sp³-hybridized carbons (Fsp3) is 0.296. The third-order valence-electron chi connectivity index (χ3n) is 6.86. The number of nitrogens with one attached hydrogen (secondary N) is 1. The monoisotopic (exact) mass is 455 g/mol. The molecule has 0 amide bonds. The molecule has 168 valence electrons. The van der Waals surface area contributed by atoms with E-state index < -0.39 is 0 Å². The maximum Gasteiger partial charge on any atom is 0.170 e. The largest absolute Gasteiger partial charge is 0.366 e. The normalized spacial score (nSPS) is 21.5. The molecule has 6 heteroatoms. The van der Waals surface area contributed by atoms with Crippen molar-refractivity contribution in [3.05, 3.63) is 95.6 Å². The van der Waals surface area contributed by atoms with Crippen LogP contribution in [0.4, 0.5) is 5.69 Å². The molecule has 2 aromatic heterocycles. The summed E-state index contributed by atoms with van der Waals surface area (Å²) in [5.41, 5.74) is 7.15. The third kappa shape index (κ3) is 3.89. The summed E-state index contributed by atoms with van der Waals surface area (Å²) in [5, 5.41) is 4.29. The molecular formula is C27H29N5S. The standard InChI is InChI=1S/C27H29N5S/c1-18-15-27(2,3)31(4)23-11-10-20(14-21(18)23)25-24(22-9-5-6-13-29-22)30-26(33)32(25)17-19-8-7-12-28-16-19/h5-16,24-25H,17H2,1-4H3,(H,30,33). The molecule has 4 heterocycles. The zero-order valence-electron chi connectivity index (χ0n) is 19.5. The lowest BCUT2D eigenvalue weighted by Crippen LogP contribution is -2.42. The Morgan fingerprint density at radius 2 is 1.94 bits per heavy atom. The van der Waals surface area contributed by atoms with Gasteiger partial charge in [-0.3, -0.25) is 9.97 Å². The van der Waals surface area contributed by atoms with E-state index in [9.17, 15) is 0 Å². The van der Waals surface area contributed by atoms with E-state index in [1.54, 1.807) is 6.20 Å². The highest BCUT2D eigenvalue weighted by atomic mass is 32.1. The molecular weight excluding hydrogens is 426 g/mol. The van der Waals surface area contributed by atoms with Crippen LogP contribution in [0.15, 0.2) is 73.2 Å². The average Bonchev–Trinajstić information content (AvgIpc) is 3.14. The van der Waals surface area contributed by atoms with E-state index in [4.69, 9.17) is 12.2 Å². The van der Waals surface area contributed by atoms with E-state index in [1.165, 1.54) is 22.4 Å². The van der Waals surface area contributed by atoms with Crippen molar-refractivity contribution in [2.75, 3.05) is 11.9 Å². The molecule has 2 aliphatic heterocycles. The first-order valence-corrected chi connectivity index (χ1v) is 11.7. The molecule has 33 heavy (non-hydrogen) atoms. The minimum atomic E-state index is -0.0320. The summed E-state index contributed by atoms with van der Waals surface area (Å²) < 4.78 is 0. The maximum atomic E-state index is 5.83. The van der Waals surface area contributed by atoms with Crippen LogP contribution in [0, 0.1) is 0 Å². The summed E-state index contributed by atoms with van der Waals surface area (Å²) in [4.78, 5) is 13.6. The summed E-state index contributed by atoms with van der Waals surface area (Å²) in [6, 6.07) is 16.9. The molecule has 2 unspecified atom stereocenters. The minimum absolute atomic E-state index is 0.0160. The van der Waals surface area contributed by atoms with Crippen LogP contribution in [-0.4, -0.2) is 32.6 Å². The summed E-state index contributed by atoms with van der Waals surface area (Å²) in [6.07, 6.45) is 7.90. The first-order chi connectivity index (χ1) is 15.8. The molecule has 0 radical (unpaired) electrons. The van der Waals surface area contributed by atoms with E-state index >= 15 is 0 Å². The van der Waals surface area contributed by atoms with Crippen molar-refractivity contribution in [3.63, 3.8) is 0 Å². The number of fused-ring (bicyclic) bond motifs is 1. The van der Waals surface area contributed by atoms with Crippen molar-refractivity contribution in [2.45, 2.75) is 44.9 Å². The molecule has 5 nitrogen and oxygen atoms in total. The predicted molar refractivity (Wildman–Crippen MR) is 138 cm³/mol. The van der Waals surface area contributed by atoms with Crippen LogP contribution in [0.1, 0.15) is 55.2 Å². The Bertz CT molecular complexity index is 1210. The van der Waals surface area contributed by atoms with Gasteiger partial charge in [0, 0.05) is 43.4 Å². The van der Waals surface area contributed by atoms with Crippen molar-refractivity contribution in [1.29, 1.82) is 0 Å². The van der Waals surface area contributed by atoms with Gasteiger partial charge in [0.25, 0.3) is 0 Å². The van der Waals surface area contributed by atoms with Gasteiger partial charge in [0.1, 0.15) is 0 Å². The zero-order chi connectivity index (χ0) is 23.2. The van der Waals surface area contributed by atoms with E-state index in [1.807, 2.05) is 30.6 Å². The van der Waals surface area contributed by atoms with Crippen molar-refractivity contribution >= 4 is 28.6 Å². The van der Waals surface area contributed by atoms with Gasteiger partial charge in [0.2, 0.25) is 0 Å². The highest BCUT2D eigenvalue weighted by molar-refractivity contribution is 7.80. The second-order valence-corrected chi connectivity index (χ2v) is 9.82. The van der Waals surface area contributed by atoms with E-state index in [2.05, 4.69) is 89.3 Å². The Morgan fingerprint density at radius 1 is 1.09 bits per heavy atom. The first-order valence-electron chi connectivity index (χ1n) is 11.3. The van der Waals surface area contributed by atoms with Crippen LogP contribution >= 0.6 is 12.2 Å². The lowest BCUT2D eigenvalue weighted by Gasteiger charge is -2.41. The zero-order valence-corrected chi connectivity index (χ0v) is 20.3. The van der Waals surface area contributed by atoms with Crippen LogP contribution < -0.4 is 10.2 Å². The molecule has 0 bridgehead atoms. The molecule has 1 saturated heterocycles. The number of rotatable bonds is 4. The Kier molecular flexibility index (Phi) is 5.41. The number of allylic oxidation sites excluding steroid dienone is 1. The van der Waals surface area contributed by atoms with Gasteiger partial charge < -0.3 is 15.1 Å². The molecule has 3 aromatic rings. The van der Waals surface area contributed by atoms with E-state index in [0.717, 1.165) is 16.4 Å². The van der Waals surface area contributed by atoms with Crippen LogP contribution in [-0.2, 0) is 6.54 Å². The Balaban J connectivity index is 1.60. The summed E-state index contributed by atoms with van der Waals surface area (Å²) >= 11 is 5.83. The number of hydrogen-bond acceptors (Lipinski definition) is 4. The van der Waals surface area contributed by atoms with Crippen LogP contribution in [0.2, 0.25) is 0 Å². The topological polar surface area (TPSA) is 44.3 Å². The minimum Gasteiger partial charge on any atom is -0.366 e. The fourth-order valence-corrected chi connectivity index (χ4v) is 5.29. The number of nitrogens with zero attached hydrogens (tertiary/aromatic N) is 4. The average molecular weight is 456 g/mol. The second kappa shape index (κ2) is 8.27. The fourth-order valence-electron chi connectivity index (χ4n) is 4.99. The second-order valence-electron chi connectivity index (χ2n) is 9.43. The predicted octanol–water partition coefficient (Wildman–Crippen LogP) is 5.28. The van der Waals surface area contributed by atoms with Gasteiger partial charge in [0.15, 0.2) is 5.11 Å². The third-order valence-corrected chi connectivity index (χ3v) is 7.21. The van der Waals surface area contributed by atoms with Gasteiger partial charge in [0.05, 0.1) is 23.3 Å². The Labute approximate surface area is 201 Å². The van der Waals surface area contributed by atoms with E-state index in [0.29, 0.717) is 6.54 Å². The Morgan fingerprint density at radius 3 is 2.67 bits per heavy atom. The van der Waals surface area contributed by atoms with Crippen molar-refractivity contribution < 1.29 is 0 Å². The molecule has 0 aliphatic carbocycles. The van der Waals surface area contributed by atoms with Gasteiger partial charge in [-0.05, 0) is 80.0 Å². The highest BCUT2D eigenvalue weighted by Gasteiger charge is 2.40. The van der Waals surface area contributed by atoms with Crippen LogP contribution in [0.3, 0.4) is 0 Å². The number of aromatic nitrogens is 2. The number of anilines is 1. The number of likely N-dealkylation sites (N-methyl/N-ethyl adjacent to an activating group) is 1. The van der Waals surface area contributed by atoms with Gasteiger partial charge in [-0.1, -0.05) is 24.3 Å². The SMILES string of the molecule is CC1=CC(C)(C)N(C)c2ccc(C3C(c4ccccn4)NC(=S)N3Cc3cccnc3)cc21. The van der Waals surface area contributed by atoms with Gasteiger partial charge >= 0.3 is 0 Å². The number of pyridine rings is 2. The molecule has 1 aromatic carbocycles. The van der Waals surface area contributed by atoms with Crippen molar-refractivity contribution in [2.24, 2.45) is 0 Å². The lowest BCUT2D eigenvalue weighted by atomic mass is 9.86. The van der Waals surface area contributed by atoms with Gasteiger partial charge in [-0.25, -0.2) is 0 Å². The quantitative estimate of drug-likeness (QED) is 0.540. The molecule has 2 atom stereocenters. The molecule has 5 rings (SSSR count). The summed E-state index contributed by atoms with van der Waals surface area (Å²) in [6.45, 7) is 7.39. The highest BCUT2D eigenvalue weighted by Crippen LogP contribution is 2.44. The van der Waals surface area contributed by atoms with Crippen molar-refractivity contribution in [3.8, 4) is 0 Å². The Hall–Kier alpha value is -3.25. The van der Waals surface area contributed by atoms with Crippen molar-refractivity contribution in [1.82, 2.24) is 20.2 Å². The molecule has 0 spiro atoms. The van der Waals surface area contributed by atoms with Gasteiger partial charge in [-0.2, -0.15) is 0 Å². The smallest absolute Gasteiger partial charge is 0.170 e. The number of benzene rings is 1. The van der Waals surface area contributed by atoms with Crippen LogP contribution in [0.25, 0.3) is 5.57 Å². The molecule has 2 aliphatic rings. The number of hydrogen-bond donors (Lipinski definition) is 1. The molecule has 1 fully saturated rings. The molecule has 0 saturated carbocycles. The maximum absolute atomic E-state index is 5.83.